The molecular formula is C14H42O16Si9. The van der Waals surface area contributed by atoms with Gasteiger partial charge < -0.3 is 68.1 Å². The van der Waals surface area contributed by atoms with Crippen molar-refractivity contribution in [2.75, 3.05) is 35.5 Å². The van der Waals surface area contributed by atoms with Gasteiger partial charge in [-0.2, -0.15) is 0 Å². The van der Waals surface area contributed by atoms with Gasteiger partial charge in [-0.3, -0.25) is 0 Å². The van der Waals surface area contributed by atoms with Crippen LogP contribution in [0.25, 0.3) is 0 Å². The molecular weight excluding hydrogens is 677 g/mol. The van der Waals surface area contributed by atoms with Gasteiger partial charge in [0.15, 0.2) is 0 Å². The summed E-state index contributed by atoms with van der Waals surface area (Å²) < 4.78 is 92.7. The second-order valence-corrected chi connectivity index (χ2v) is 37.8. The standard InChI is InChI=1S/C14H42O16Si9/c1-16-34(9,17-2)29-39(19-4,20-5)30-38(13)24-31(6)14-32(7)22-36(11,27-35(10,18-3)21-31)25-33(8,15)26-37(12,23-32)28-38/h15H,14H2,1-13H3/t31-,32+,33?,35+,36?,37?,38?/m1/s1. The molecule has 7 atom stereocenters. The third-order valence-electron chi connectivity index (χ3n) is 5.97. The molecule has 1 N–H and O–H groups in total. The van der Waals surface area contributed by atoms with E-state index in [0.717, 1.165) is 0 Å². The number of hydrogen-bond acceptors (Lipinski definition) is 16. The van der Waals surface area contributed by atoms with Crippen LogP contribution in [0.2, 0.25) is 58.0 Å². The minimum absolute atomic E-state index is 0.282. The highest BCUT2D eigenvalue weighted by Gasteiger charge is 2.72. The lowest BCUT2D eigenvalue weighted by molar-refractivity contribution is 0.0135. The Balaban J connectivity index is 2.17. The second kappa shape index (κ2) is 11.3. The molecule has 0 spiro atoms. The number of hydrogen-bond donors (Lipinski definition) is 1. The zero-order valence-electron chi connectivity index (χ0n) is 24.8. The Kier molecular flexibility index (Phi) is 10.1. The first-order valence-electron chi connectivity index (χ1n) is 12.1. The van der Waals surface area contributed by atoms with Crippen LogP contribution < -0.4 is 0 Å². The lowest BCUT2D eigenvalue weighted by Crippen LogP contribution is -2.79. The van der Waals surface area contributed by atoms with E-state index in [4.69, 9.17) is 63.3 Å². The molecule has 0 aromatic rings. The van der Waals surface area contributed by atoms with E-state index in [1.54, 1.807) is 32.7 Å². The maximum atomic E-state index is 11.3. The molecule has 3 aliphatic heterocycles. The summed E-state index contributed by atoms with van der Waals surface area (Å²) in [7, 11) is -25.5. The van der Waals surface area contributed by atoms with E-state index in [2.05, 4.69) is 0 Å². The average molecular weight is 719 g/mol. The van der Waals surface area contributed by atoms with E-state index in [0.29, 0.717) is 0 Å². The normalized spacial score (nSPS) is 45.7. The monoisotopic (exact) mass is 718 g/mol. The highest BCUT2D eigenvalue weighted by atomic mass is 28.6. The minimum atomic E-state index is -4.05. The smallest absolute Gasteiger partial charge is 0.395 e. The molecule has 4 unspecified atom stereocenters. The van der Waals surface area contributed by atoms with Gasteiger partial charge in [0.1, 0.15) is 0 Å². The topological polar surface area (TPSA) is 159 Å². The average Bonchev–Trinajstić information content (AvgIpc) is 2.73. The summed E-state index contributed by atoms with van der Waals surface area (Å²) in [6, 6.07) is 0. The number of fused-ring (bicyclic) bond motifs is 3. The van der Waals surface area contributed by atoms with Crippen molar-refractivity contribution in [3.8, 4) is 0 Å². The molecule has 16 nitrogen and oxygen atoms in total. The van der Waals surface area contributed by atoms with Gasteiger partial charge in [-0.15, -0.1) is 0 Å². The van der Waals surface area contributed by atoms with Crippen LogP contribution in [0.3, 0.4) is 0 Å². The van der Waals surface area contributed by atoms with Gasteiger partial charge in [-0.25, -0.2) is 0 Å². The van der Waals surface area contributed by atoms with E-state index in [-0.39, 0.29) is 5.67 Å². The van der Waals surface area contributed by atoms with Crippen molar-refractivity contribution in [3.63, 3.8) is 0 Å². The van der Waals surface area contributed by atoms with Crippen molar-refractivity contribution in [1.29, 1.82) is 0 Å². The van der Waals surface area contributed by atoms with E-state index < -0.39 is 79.0 Å². The zero-order chi connectivity index (χ0) is 29.8. The molecule has 3 rings (SSSR count). The Morgan fingerprint density at radius 2 is 1.03 bits per heavy atom. The second-order valence-electron chi connectivity index (χ2n) is 10.2. The third-order valence-corrected chi connectivity index (χ3v) is 44.1. The summed E-state index contributed by atoms with van der Waals surface area (Å²) in [5.74, 6) is 0. The Morgan fingerprint density at radius 1 is 0.590 bits per heavy atom. The van der Waals surface area contributed by atoms with Gasteiger partial charge >= 0.3 is 79.0 Å². The predicted molar refractivity (Wildman–Crippen MR) is 152 cm³/mol. The first-order chi connectivity index (χ1) is 17.6. The van der Waals surface area contributed by atoms with Crippen LogP contribution in [0.1, 0.15) is 0 Å². The van der Waals surface area contributed by atoms with Crippen molar-refractivity contribution in [2.45, 2.75) is 58.0 Å². The molecule has 230 valence electrons. The maximum absolute atomic E-state index is 11.3. The van der Waals surface area contributed by atoms with Gasteiger partial charge in [0.25, 0.3) is 0 Å². The van der Waals surface area contributed by atoms with E-state index >= 15 is 0 Å². The van der Waals surface area contributed by atoms with Crippen LogP contribution in [0.4, 0.5) is 0 Å². The SMILES string of the molecule is CO[Si](C)(OC)O[Si](OC)(OC)O[Si]1(C)O[Si]2(C)O[Si](C)(O)O[Si]3(C)O[Si@](C)(C[Si@@](C)(O1)O[Si@](C)(OC)O3)O2. The third kappa shape index (κ3) is 8.08. The molecule has 3 aliphatic rings. The summed E-state index contributed by atoms with van der Waals surface area (Å²) in [5.41, 5.74) is 0.282. The Labute approximate surface area is 240 Å². The molecule has 25 heteroatoms. The largest absolute Gasteiger partial charge is 0.664 e. The van der Waals surface area contributed by atoms with Gasteiger partial charge in [0.05, 0.1) is 0 Å². The molecule has 0 amide bonds. The van der Waals surface area contributed by atoms with Crippen molar-refractivity contribution >= 4 is 79.0 Å². The summed E-state index contributed by atoms with van der Waals surface area (Å²) in [4.78, 5) is 11.3. The molecule has 0 aromatic heterocycles. The van der Waals surface area contributed by atoms with Gasteiger partial charge in [-0.1, -0.05) is 0 Å². The van der Waals surface area contributed by atoms with E-state index in [9.17, 15) is 4.80 Å². The molecule has 39 heavy (non-hydrogen) atoms. The Morgan fingerprint density at radius 3 is 1.46 bits per heavy atom. The van der Waals surface area contributed by atoms with Crippen molar-refractivity contribution < 1.29 is 68.1 Å². The van der Waals surface area contributed by atoms with Gasteiger partial charge in [0, 0.05) is 80.5 Å². The Bertz CT molecular complexity index is 902. The fourth-order valence-electron chi connectivity index (χ4n) is 4.90. The summed E-state index contributed by atoms with van der Waals surface area (Å²) >= 11 is 0. The first-order valence-corrected chi connectivity index (χ1v) is 32.1. The van der Waals surface area contributed by atoms with Crippen molar-refractivity contribution in [3.05, 3.63) is 0 Å². The quantitative estimate of drug-likeness (QED) is 0.336. The van der Waals surface area contributed by atoms with Crippen LogP contribution in [-0.2, 0) is 63.3 Å². The molecule has 4 bridgehead atoms. The molecule has 0 radical (unpaired) electrons. The molecule has 3 fully saturated rings. The van der Waals surface area contributed by atoms with Crippen LogP contribution in [-0.4, -0.2) is 119 Å². The molecule has 3 saturated heterocycles. The first kappa shape index (κ1) is 34.8. The fourth-order valence-corrected chi connectivity index (χ4v) is 51.0. The maximum Gasteiger partial charge on any atom is 0.664 e. The Hall–Kier alpha value is 1.31. The highest BCUT2D eigenvalue weighted by molar-refractivity contribution is 7.02. The molecule has 0 aromatic carbocycles. The lowest BCUT2D eigenvalue weighted by atomic mass is 11.8. The summed E-state index contributed by atoms with van der Waals surface area (Å²) in [6.45, 7) is 13.4. The molecule has 0 aliphatic carbocycles. The van der Waals surface area contributed by atoms with Gasteiger partial charge in [0.2, 0.25) is 0 Å². The summed E-state index contributed by atoms with van der Waals surface area (Å²) in [6.07, 6.45) is 0. The zero-order valence-corrected chi connectivity index (χ0v) is 33.8. The summed E-state index contributed by atoms with van der Waals surface area (Å²) in [5, 5.41) is 0. The minimum Gasteiger partial charge on any atom is -0.395 e. The molecule has 0 saturated carbocycles. The van der Waals surface area contributed by atoms with Crippen molar-refractivity contribution in [2.24, 2.45) is 0 Å². The van der Waals surface area contributed by atoms with E-state index in [1.165, 1.54) is 42.1 Å². The van der Waals surface area contributed by atoms with Crippen molar-refractivity contribution in [1.82, 2.24) is 0 Å². The highest BCUT2D eigenvalue weighted by Crippen LogP contribution is 2.44. The predicted octanol–water partition coefficient (Wildman–Crippen LogP) is 0.949. The fraction of sp³-hybridized carbons (Fsp3) is 1.00. The lowest BCUT2D eigenvalue weighted by Gasteiger charge is -2.55. The number of rotatable bonds is 9. The van der Waals surface area contributed by atoms with Crippen LogP contribution in [0.5, 0.6) is 0 Å². The van der Waals surface area contributed by atoms with Crippen LogP contribution in [0, 0.1) is 0 Å². The van der Waals surface area contributed by atoms with Crippen LogP contribution >= 0.6 is 0 Å². The van der Waals surface area contributed by atoms with Crippen LogP contribution in [0.15, 0.2) is 0 Å². The molecule has 3 heterocycles. The van der Waals surface area contributed by atoms with E-state index in [1.807, 2.05) is 13.1 Å². The van der Waals surface area contributed by atoms with Gasteiger partial charge in [-0.05, 0) is 13.1 Å².